The van der Waals surface area contributed by atoms with Gasteiger partial charge in [-0.1, -0.05) is 0 Å². The van der Waals surface area contributed by atoms with Gasteiger partial charge in [0.25, 0.3) is 0 Å². The van der Waals surface area contributed by atoms with Crippen molar-refractivity contribution in [3.05, 3.63) is 6.54 Å². The van der Waals surface area contributed by atoms with Crippen molar-refractivity contribution >= 4 is 5.97 Å². The standard InChI is InChI=1S/C7H13N2O2/c10-7(11)1-4-9-5-2-8-3-6-9/h5,8H,1-4,6H2,(H,10,11). The SMILES string of the molecule is O=C(O)CCN1[CH]CNCC1. The molecule has 0 unspecified atom stereocenters. The van der Waals surface area contributed by atoms with Gasteiger partial charge in [0.05, 0.1) is 6.42 Å². The number of aliphatic carboxylic acids is 1. The molecular formula is C7H13N2O2. The maximum atomic E-state index is 10.2. The van der Waals surface area contributed by atoms with E-state index in [9.17, 15) is 4.79 Å². The average Bonchev–Trinajstić information content (AvgIpc) is 2.03. The molecule has 1 fully saturated rings. The van der Waals surface area contributed by atoms with Crippen LogP contribution in [0.1, 0.15) is 6.42 Å². The third-order valence-electron chi connectivity index (χ3n) is 1.68. The number of piperazine rings is 1. The topological polar surface area (TPSA) is 52.6 Å². The minimum Gasteiger partial charge on any atom is -0.481 e. The summed E-state index contributed by atoms with van der Waals surface area (Å²) in [6.07, 6.45) is 0.233. The average molecular weight is 157 g/mol. The predicted octanol–water partition coefficient (Wildman–Crippen LogP) is -0.472. The zero-order chi connectivity index (χ0) is 8.10. The first-order valence-electron chi connectivity index (χ1n) is 3.79. The second kappa shape index (κ2) is 4.31. The summed E-state index contributed by atoms with van der Waals surface area (Å²) in [5.41, 5.74) is 0. The third-order valence-corrected chi connectivity index (χ3v) is 1.68. The maximum Gasteiger partial charge on any atom is 0.304 e. The van der Waals surface area contributed by atoms with Crippen molar-refractivity contribution in [1.29, 1.82) is 0 Å². The van der Waals surface area contributed by atoms with Gasteiger partial charge in [-0.25, -0.2) is 0 Å². The van der Waals surface area contributed by atoms with Crippen LogP contribution in [-0.4, -0.2) is 42.2 Å². The van der Waals surface area contributed by atoms with Gasteiger partial charge < -0.3 is 10.4 Å². The van der Waals surface area contributed by atoms with Crippen molar-refractivity contribution in [3.63, 3.8) is 0 Å². The fourth-order valence-electron chi connectivity index (χ4n) is 1.05. The Morgan fingerprint density at radius 3 is 3.09 bits per heavy atom. The molecule has 1 rings (SSSR count). The minimum absolute atomic E-state index is 0.233. The van der Waals surface area contributed by atoms with Crippen molar-refractivity contribution in [3.8, 4) is 0 Å². The Bertz CT molecular complexity index is 132. The number of carboxylic acids is 1. The van der Waals surface area contributed by atoms with Gasteiger partial charge in [-0.05, 0) is 0 Å². The van der Waals surface area contributed by atoms with E-state index in [2.05, 4.69) is 5.32 Å². The summed E-state index contributed by atoms with van der Waals surface area (Å²) in [6.45, 7) is 5.38. The van der Waals surface area contributed by atoms with Crippen molar-refractivity contribution in [2.24, 2.45) is 0 Å². The van der Waals surface area contributed by atoms with E-state index in [0.717, 1.165) is 19.6 Å². The number of nitrogens with one attached hydrogen (secondary N) is 1. The molecule has 0 aliphatic carbocycles. The second-order valence-electron chi connectivity index (χ2n) is 2.57. The van der Waals surface area contributed by atoms with Gasteiger partial charge >= 0.3 is 5.97 Å². The molecule has 63 valence electrons. The first kappa shape index (κ1) is 8.49. The molecule has 4 heteroatoms. The highest BCUT2D eigenvalue weighted by Crippen LogP contribution is 1.97. The van der Waals surface area contributed by atoms with Crippen molar-refractivity contribution in [2.75, 3.05) is 26.2 Å². The van der Waals surface area contributed by atoms with Crippen LogP contribution in [-0.2, 0) is 4.79 Å². The molecule has 0 aromatic heterocycles. The Morgan fingerprint density at radius 1 is 1.73 bits per heavy atom. The molecule has 4 nitrogen and oxygen atoms in total. The van der Waals surface area contributed by atoms with Gasteiger partial charge in [0.1, 0.15) is 0 Å². The lowest BCUT2D eigenvalue weighted by atomic mass is 10.3. The molecule has 0 spiro atoms. The van der Waals surface area contributed by atoms with Gasteiger partial charge in [0, 0.05) is 32.7 Å². The highest BCUT2D eigenvalue weighted by atomic mass is 16.4. The van der Waals surface area contributed by atoms with Crippen LogP contribution in [0.3, 0.4) is 0 Å². The summed E-state index contributed by atoms with van der Waals surface area (Å²) in [5, 5.41) is 11.5. The van der Waals surface area contributed by atoms with Crippen LogP contribution in [0, 0.1) is 6.54 Å². The highest BCUT2D eigenvalue weighted by molar-refractivity contribution is 5.66. The van der Waals surface area contributed by atoms with E-state index < -0.39 is 5.97 Å². The Balaban J connectivity index is 2.09. The van der Waals surface area contributed by atoms with Crippen LogP contribution in [0.25, 0.3) is 0 Å². The normalized spacial score (nSPS) is 20.0. The molecule has 0 bridgehead atoms. The van der Waals surface area contributed by atoms with Crippen molar-refractivity contribution in [1.82, 2.24) is 10.2 Å². The summed E-state index contributed by atoms with van der Waals surface area (Å²) in [4.78, 5) is 12.2. The summed E-state index contributed by atoms with van der Waals surface area (Å²) < 4.78 is 0. The van der Waals surface area contributed by atoms with Gasteiger partial charge in [0.15, 0.2) is 0 Å². The number of carbonyl (C=O) groups is 1. The zero-order valence-corrected chi connectivity index (χ0v) is 6.42. The number of hydrogen-bond donors (Lipinski definition) is 2. The Labute approximate surface area is 66.2 Å². The summed E-state index contributed by atoms with van der Waals surface area (Å²) in [5.74, 6) is -0.725. The van der Waals surface area contributed by atoms with E-state index in [-0.39, 0.29) is 6.42 Å². The second-order valence-corrected chi connectivity index (χ2v) is 2.57. The monoisotopic (exact) mass is 157 g/mol. The van der Waals surface area contributed by atoms with Gasteiger partial charge in [-0.3, -0.25) is 9.69 Å². The molecule has 1 aliphatic rings. The van der Waals surface area contributed by atoms with E-state index in [0.29, 0.717) is 6.54 Å². The Kier molecular flexibility index (Phi) is 3.32. The van der Waals surface area contributed by atoms with Crippen LogP contribution in [0.4, 0.5) is 0 Å². The van der Waals surface area contributed by atoms with E-state index in [1.54, 1.807) is 0 Å². The van der Waals surface area contributed by atoms with Gasteiger partial charge in [-0.2, -0.15) is 0 Å². The van der Waals surface area contributed by atoms with Crippen molar-refractivity contribution in [2.45, 2.75) is 6.42 Å². The van der Waals surface area contributed by atoms with E-state index >= 15 is 0 Å². The van der Waals surface area contributed by atoms with E-state index in [1.165, 1.54) is 0 Å². The fourth-order valence-corrected chi connectivity index (χ4v) is 1.05. The molecule has 1 heterocycles. The van der Waals surface area contributed by atoms with Crippen LogP contribution in [0.15, 0.2) is 0 Å². The fraction of sp³-hybridized carbons (Fsp3) is 0.714. The van der Waals surface area contributed by atoms with Crippen LogP contribution < -0.4 is 5.32 Å². The van der Waals surface area contributed by atoms with Crippen LogP contribution >= 0.6 is 0 Å². The first-order valence-corrected chi connectivity index (χ1v) is 3.79. The Hall–Kier alpha value is -0.610. The quantitative estimate of drug-likeness (QED) is 0.581. The molecule has 1 aliphatic heterocycles. The number of carboxylic acid groups (broad SMARTS) is 1. The third kappa shape index (κ3) is 3.34. The van der Waals surface area contributed by atoms with Crippen molar-refractivity contribution < 1.29 is 9.90 Å². The minimum atomic E-state index is -0.725. The first-order chi connectivity index (χ1) is 5.29. The summed E-state index contributed by atoms with van der Waals surface area (Å²) >= 11 is 0. The van der Waals surface area contributed by atoms with Gasteiger partial charge in [0.2, 0.25) is 0 Å². The highest BCUT2D eigenvalue weighted by Gasteiger charge is 2.10. The zero-order valence-electron chi connectivity index (χ0n) is 6.42. The lowest BCUT2D eigenvalue weighted by Gasteiger charge is -2.25. The van der Waals surface area contributed by atoms with Crippen LogP contribution in [0.2, 0.25) is 0 Å². The molecule has 0 amide bonds. The number of rotatable bonds is 3. The number of hydrogen-bond acceptors (Lipinski definition) is 3. The smallest absolute Gasteiger partial charge is 0.304 e. The maximum absolute atomic E-state index is 10.2. The summed E-state index contributed by atoms with van der Waals surface area (Å²) in [6, 6.07) is 0. The largest absolute Gasteiger partial charge is 0.481 e. The molecule has 0 saturated carbocycles. The number of nitrogens with zero attached hydrogens (tertiary/aromatic N) is 1. The summed E-state index contributed by atoms with van der Waals surface area (Å²) in [7, 11) is 0. The Morgan fingerprint density at radius 2 is 2.55 bits per heavy atom. The molecule has 0 atom stereocenters. The molecule has 0 aromatic rings. The van der Waals surface area contributed by atoms with E-state index in [1.807, 2.05) is 11.4 Å². The van der Waals surface area contributed by atoms with Gasteiger partial charge in [-0.15, -0.1) is 0 Å². The predicted molar refractivity (Wildman–Crippen MR) is 41.0 cm³/mol. The lowest BCUT2D eigenvalue weighted by Crippen LogP contribution is -2.40. The van der Waals surface area contributed by atoms with Crippen LogP contribution in [0.5, 0.6) is 0 Å². The molecule has 1 saturated heterocycles. The molecule has 0 aromatic carbocycles. The molecule has 2 N–H and O–H groups in total. The molecule has 11 heavy (non-hydrogen) atoms. The molecule has 1 radical (unpaired) electrons. The van der Waals surface area contributed by atoms with E-state index in [4.69, 9.17) is 5.11 Å². The molecular weight excluding hydrogens is 144 g/mol. The lowest BCUT2D eigenvalue weighted by molar-refractivity contribution is -0.137.